The highest BCUT2D eigenvalue weighted by atomic mass is 16.5. The predicted molar refractivity (Wildman–Crippen MR) is 34.3 cm³/mol. The van der Waals surface area contributed by atoms with E-state index in [9.17, 15) is 0 Å². The summed E-state index contributed by atoms with van der Waals surface area (Å²) in [6.07, 6.45) is 0. The molecule has 0 amide bonds. The number of hydrogen-bond acceptors (Lipinski definition) is 4. The predicted octanol–water partition coefficient (Wildman–Crippen LogP) is 0.685. The zero-order valence-electron chi connectivity index (χ0n) is 6.03. The molecule has 0 atom stereocenters. The molecule has 1 aromatic rings. The molecule has 0 bridgehead atoms. The number of hydrogen-bond donors (Lipinski definition) is 1. The summed E-state index contributed by atoms with van der Waals surface area (Å²) in [5.74, 6) is 1.18. The van der Waals surface area contributed by atoms with Crippen LogP contribution < -0.4 is 0 Å². The van der Waals surface area contributed by atoms with Crippen molar-refractivity contribution in [2.75, 3.05) is 0 Å². The zero-order valence-corrected chi connectivity index (χ0v) is 6.03. The van der Waals surface area contributed by atoms with E-state index in [4.69, 9.17) is 5.11 Å². The fraction of sp³-hybridized carbons (Fsp3) is 0.667. The second-order valence-electron chi connectivity index (χ2n) is 2.36. The van der Waals surface area contributed by atoms with Gasteiger partial charge in [0.2, 0.25) is 0 Å². The van der Waals surface area contributed by atoms with Gasteiger partial charge in [0.25, 0.3) is 5.89 Å². The first-order valence-corrected chi connectivity index (χ1v) is 3.17. The van der Waals surface area contributed by atoms with Crippen molar-refractivity contribution in [2.24, 2.45) is 0 Å². The molecule has 1 rings (SSSR count). The maximum absolute atomic E-state index is 8.54. The minimum Gasteiger partial charge on any atom is -0.387 e. The minimum atomic E-state index is -0.181. The average Bonchev–Trinajstić information content (AvgIpc) is 2.34. The van der Waals surface area contributed by atoms with E-state index in [0.717, 1.165) is 0 Å². The van der Waals surface area contributed by atoms with Crippen LogP contribution in [0.1, 0.15) is 31.5 Å². The van der Waals surface area contributed by atoms with Gasteiger partial charge in [-0.05, 0) is 0 Å². The van der Waals surface area contributed by atoms with Gasteiger partial charge < -0.3 is 9.63 Å². The van der Waals surface area contributed by atoms with Crippen molar-refractivity contribution in [1.82, 2.24) is 10.1 Å². The molecule has 0 aliphatic rings. The van der Waals surface area contributed by atoms with Crippen molar-refractivity contribution in [2.45, 2.75) is 26.4 Å². The highest BCUT2D eigenvalue weighted by Gasteiger charge is 2.07. The minimum absolute atomic E-state index is 0.181. The van der Waals surface area contributed by atoms with Crippen LogP contribution in [0.25, 0.3) is 0 Å². The monoisotopic (exact) mass is 142 g/mol. The van der Waals surface area contributed by atoms with Gasteiger partial charge in [-0.3, -0.25) is 0 Å². The number of aliphatic hydroxyl groups is 1. The molecule has 4 nitrogen and oxygen atoms in total. The van der Waals surface area contributed by atoms with Gasteiger partial charge in [-0.25, -0.2) is 0 Å². The Labute approximate surface area is 58.9 Å². The van der Waals surface area contributed by atoms with E-state index < -0.39 is 0 Å². The van der Waals surface area contributed by atoms with E-state index in [1.165, 1.54) is 0 Å². The van der Waals surface area contributed by atoms with Crippen LogP contribution in [-0.2, 0) is 6.61 Å². The molecule has 0 radical (unpaired) electrons. The van der Waals surface area contributed by atoms with Gasteiger partial charge in [-0.15, -0.1) is 0 Å². The molecule has 0 saturated carbocycles. The summed E-state index contributed by atoms with van der Waals surface area (Å²) in [6.45, 7) is 3.75. The Kier molecular flexibility index (Phi) is 2.01. The standard InChI is InChI=1S/C6H10N2O2/c1-4(2)6-7-5(3-9)10-8-6/h4,9H,3H2,1-2H3. The number of aliphatic hydroxyl groups excluding tert-OH is 1. The van der Waals surface area contributed by atoms with Crippen LogP contribution in [0.4, 0.5) is 0 Å². The average molecular weight is 142 g/mol. The Hall–Kier alpha value is -0.900. The molecule has 1 aromatic heterocycles. The number of nitrogens with zero attached hydrogens (tertiary/aromatic N) is 2. The van der Waals surface area contributed by atoms with Crippen LogP contribution >= 0.6 is 0 Å². The molecule has 0 unspecified atom stereocenters. The number of rotatable bonds is 2. The molecular weight excluding hydrogens is 132 g/mol. The normalized spacial score (nSPS) is 10.8. The molecule has 56 valence electrons. The summed E-state index contributed by atoms with van der Waals surface area (Å²) < 4.78 is 4.66. The van der Waals surface area contributed by atoms with Crippen LogP contribution in [0.5, 0.6) is 0 Å². The summed E-state index contributed by atoms with van der Waals surface area (Å²) in [5.41, 5.74) is 0. The van der Waals surface area contributed by atoms with Crippen LogP contribution in [0, 0.1) is 0 Å². The summed E-state index contributed by atoms with van der Waals surface area (Å²) in [7, 11) is 0. The van der Waals surface area contributed by atoms with Crippen molar-refractivity contribution in [1.29, 1.82) is 0 Å². The van der Waals surface area contributed by atoms with E-state index in [1.54, 1.807) is 0 Å². The lowest BCUT2D eigenvalue weighted by atomic mass is 10.2. The molecule has 10 heavy (non-hydrogen) atoms. The molecule has 0 spiro atoms. The van der Waals surface area contributed by atoms with Gasteiger partial charge in [0.05, 0.1) is 0 Å². The summed E-state index contributed by atoms with van der Waals surface area (Å²) >= 11 is 0. The molecule has 4 heteroatoms. The lowest BCUT2D eigenvalue weighted by Gasteiger charge is -1.91. The maximum atomic E-state index is 8.54. The highest BCUT2D eigenvalue weighted by Crippen LogP contribution is 2.08. The van der Waals surface area contributed by atoms with Crippen molar-refractivity contribution in [3.05, 3.63) is 11.7 Å². The fourth-order valence-corrected chi connectivity index (χ4v) is 0.567. The number of aromatic nitrogens is 2. The van der Waals surface area contributed by atoms with E-state index >= 15 is 0 Å². The quantitative estimate of drug-likeness (QED) is 0.659. The molecule has 1 heterocycles. The molecule has 0 aliphatic carbocycles. The Bertz CT molecular complexity index is 207. The van der Waals surface area contributed by atoms with Gasteiger partial charge >= 0.3 is 0 Å². The van der Waals surface area contributed by atoms with E-state index in [1.807, 2.05) is 13.8 Å². The van der Waals surface area contributed by atoms with Crippen LogP contribution in [-0.4, -0.2) is 15.2 Å². The van der Waals surface area contributed by atoms with Gasteiger partial charge in [-0.2, -0.15) is 4.98 Å². The molecule has 0 aromatic carbocycles. The molecular formula is C6H10N2O2. The van der Waals surface area contributed by atoms with E-state index in [-0.39, 0.29) is 18.4 Å². The second-order valence-corrected chi connectivity index (χ2v) is 2.36. The van der Waals surface area contributed by atoms with Crippen molar-refractivity contribution in [3.63, 3.8) is 0 Å². The highest BCUT2D eigenvalue weighted by molar-refractivity contribution is 4.90. The zero-order chi connectivity index (χ0) is 7.56. The second kappa shape index (κ2) is 2.79. The van der Waals surface area contributed by atoms with E-state index in [2.05, 4.69) is 14.7 Å². The van der Waals surface area contributed by atoms with Crippen LogP contribution in [0.2, 0.25) is 0 Å². The lowest BCUT2D eigenvalue weighted by Crippen LogP contribution is -1.90. The van der Waals surface area contributed by atoms with Crippen molar-refractivity contribution < 1.29 is 9.63 Å². The topological polar surface area (TPSA) is 59.2 Å². The summed E-state index contributed by atoms with van der Waals surface area (Å²) in [6, 6.07) is 0. The van der Waals surface area contributed by atoms with Gasteiger partial charge in [0, 0.05) is 5.92 Å². The molecule has 0 fully saturated rings. The first-order valence-electron chi connectivity index (χ1n) is 3.17. The largest absolute Gasteiger partial charge is 0.387 e. The Morgan fingerprint density at radius 2 is 2.30 bits per heavy atom. The molecule has 0 saturated heterocycles. The SMILES string of the molecule is CC(C)c1noc(CO)n1. The van der Waals surface area contributed by atoms with Crippen LogP contribution in [0.15, 0.2) is 4.52 Å². The lowest BCUT2D eigenvalue weighted by molar-refractivity contribution is 0.222. The Morgan fingerprint density at radius 3 is 2.60 bits per heavy atom. The third-order valence-corrected chi connectivity index (χ3v) is 1.14. The smallest absolute Gasteiger partial charge is 0.252 e. The van der Waals surface area contributed by atoms with Crippen molar-refractivity contribution >= 4 is 0 Å². The van der Waals surface area contributed by atoms with Gasteiger partial charge in [-0.1, -0.05) is 19.0 Å². The fourth-order valence-electron chi connectivity index (χ4n) is 0.567. The van der Waals surface area contributed by atoms with E-state index in [0.29, 0.717) is 5.82 Å². The third kappa shape index (κ3) is 1.33. The molecule has 0 aliphatic heterocycles. The Morgan fingerprint density at radius 1 is 1.60 bits per heavy atom. The third-order valence-electron chi connectivity index (χ3n) is 1.14. The summed E-state index contributed by atoms with van der Waals surface area (Å²) in [4.78, 5) is 3.90. The maximum Gasteiger partial charge on any atom is 0.252 e. The molecule has 1 N–H and O–H groups in total. The first-order chi connectivity index (χ1) is 4.74. The summed E-state index contributed by atoms with van der Waals surface area (Å²) in [5, 5.41) is 12.2. The Balaban J connectivity index is 2.78. The van der Waals surface area contributed by atoms with Gasteiger partial charge in [0.15, 0.2) is 5.82 Å². The first kappa shape index (κ1) is 7.21. The van der Waals surface area contributed by atoms with Gasteiger partial charge in [0.1, 0.15) is 6.61 Å². The van der Waals surface area contributed by atoms with Crippen LogP contribution in [0.3, 0.4) is 0 Å². The van der Waals surface area contributed by atoms with Crippen molar-refractivity contribution in [3.8, 4) is 0 Å².